The fourth-order valence-electron chi connectivity index (χ4n) is 1.98. The molecular formula is C12H17NO2. The van der Waals surface area contributed by atoms with E-state index in [1.165, 1.54) is 5.56 Å². The molecule has 3 nitrogen and oxygen atoms in total. The Morgan fingerprint density at radius 2 is 2.13 bits per heavy atom. The van der Waals surface area contributed by atoms with E-state index >= 15 is 0 Å². The zero-order chi connectivity index (χ0) is 10.9. The summed E-state index contributed by atoms with van der Waals surface area (Å²) in [6, 6.07) is 6.33. The molecule has 0 aromatic heterocycles. The zero-order valence-electron chi connectivity index (χ0n) is 9.25. The molecule has 0 amide bonds. The first kappa shape index (κ1) is 10.5. The number of aryl methyl sites for hydroxylation is 1. The van der Waals surface area contributed by atoms with Crippen molar-refractivity contribution < 1.29 is 9.57 Å². The number of rotatable bonds is 4. The summed E-state index contributed by atoms with van der Waals surface area (Å²) in [7, 11) is 1.70. The highest BCUT2D eigenvalue weighted by Crippen LogP contribution is 2.49. The number of nitrogens with two attached hydrogens (primary N) is 1. The molecule has 1 aliphatic carbocycles. The van der Waals surface area contributed by atoms with Crippen LogP contribution < -0.4 is 10.6 Å². The quantitative estimate of drug-likeness (QED) is 0.767. The Bertz CT molecular complexity index is 359. The SMILES string of the molecule is COc1cc(C2(CON)CC2)ccc1C. The second-order valence-corrected chi connectivity index (χ2v) is 4.28. The van der Waals surface area contributed by atoms with Crippen molar-refractivity contribution in [1.29, 1.82) is 0 Å². The zero-order valence-corrected chi connectivity index (χ0v) is 9.25. The molecule has 1 aliphatic rings. The van der Waals surface area contributed by atoms with Crippen LogP contribution in [0.1, 0.15) is 24.0 Å². The summed E-state index contributed by atoms with van der Waals surface area (Å²) in [4.78, 5) is 4.79. The van der Waals surface area contributed by atoms with Crippen LogP contribution in [0, 0.1) is 6.92 Å². The molecule has 0 radical (unpaired) electrons. The number of ether oxygens (including phenoxy) is 1. The van der Waals surface area contributed by atoms with Gasteiger partial charge in [0.25, 0.3) is 0 Å². The van der Waals surface area contributed by atoms with E-state index in [9.17, 15) is 0 Å². The van der Waals surface area contributed by atoms with Crippen LogP contribution in [0.4, 0.5) is 0 Å². The van der Waals surface area contributed by atoms with E-state index in [0.29, 0.717) is 6.61 Å². The molecule has 0 unspecified atom stereocenters. The van der Waals surface area contributed by atoms with Crippen molar-refractivity contribution in [3.05, 3.63) is 29.3 Å². The topological polar surface area (TPSA) is 44.5 Å². The Morgan fingerprint density at radius 3 is 2.67 bits per heavy atom. The Hall–Kier alpha value is -1.06. The van der Waals surface area contributed by atoms with Crippen molar-refractivity contribution in [2.24, 2.45) is 5.90 Å². The van der Waals surface area contributed by atoms with Gasteiger partial charge in [-0.05, 0) is 37.0 Å². The van der Waals surface area contributed by atoms with Gasteiger partial charge in [0, 0.05) is 5.41 Å². The lowest BCUT2D eigenvalue weighted by molar-refractivity contribution is 0.116. The van der Waals surface area contributed by atoms with Crippen LogP contribution in [0.3, 0.4) is 0 Å². The molecule has 0 heterocycles. The van der Waals surface area contributed by atoms with E-state index in [0.717, 1.165) is 24.2 Å². The molecule has 0 saturated heterocycles. The highest BCUT2D eigenvalue weighted by atomic mass is 16.6. The lowest BCUT2D eigenvalue weighted by atomic mass is 9.95. The van der Waals surface area contributed by atoms with E-state index in [-0.39, 0.29) is 5.41 Å². The Labute approximate surface area is 90.1 Å². The summed E-state index contributed by atoms with van der Waals surface area (Å²) >= 11 is 0. The molecule has 1 aromatic carbocycles. The number of benzene rings is 1. The molecule has 82 valence electrons. The first-order valence-corrected chi connectivity index (χ1v) is 5.19. The van der Waals surface area contributed by atoms with Gasteiger partial charge >= 0.3 is 0 Å². The standard InChI is InChI=1S/C12H17NO2/c1-9-3-4-10(7-11(9)14-2)12(5-6-12)8-15-13/h3-4,7H,5-6,8,13H2,1-2H3. The van der Waals surface area contributed by atoms with E-state index in [1.54, 1.807) is 7.11 Å². The summed E-state index contributed by atoms with van der Waals surface area (Å²) in [6.07, 6.45) is 2.30. The van der Waals surface area contributed by atoms with Gasteiger partial charge in [-0.25, -0.2) is 5.90 Å². The average Bonchev–Trinajstić information content (AvgIpc) is 3.00. The number of hydrogen-bond donors (Lipinski definition) is 1. The molecule has 0 aliphatic heterocycles. The van der Waals surface area contributed by atoms with E-state index in [4.69, 9.17) is 15.5 Å². The lowest BCUT2D eigenvalue weighted by Crippen LogP contribution is -2.18. The summed E-state index contributed by atoms with van der Waals surface area (Å²) in [5, 5.41) is 0. The highest BCUT2D eigenvalue weighted by Gasteiger charge is 2.44. The summed E-state index contributed by atoms with van der Waals surface area (Å²) in [5.74, 6) is 6.10. The van der Waals surface area contributed by atoms with Crippen molar-refractivity contribution in [3.8, 4) is 5.75 Å². The molecule has 15 heavy (non-hydrogen) atoms. The Morgan fingerprint density at radius 1 is 1.40 bits per heavy atom. The van der Waals surface area contributed by atoms with Crippen molar-refractivity contribution in [3.63, 3.8) is 0 Å². The average molecular weight is 207 g/mol. The second-order valence-electron chi connectivity index (χ2n) is 4.28. The maximum atomic E-state index is 5.31. The predicted octanol–water partition coefficient (Wildman–Crippen LogP) is 1.93. The minimum atomic E-state index is 0.149. The largest absolute Gasteiger partial charge is 0.496 e. The van der Waals surface area contributed by atoms with Crippen LogP contribution in [0.15, 0.2) is 18.2 Å². The van der Waals surface area contributed by atoms with E-state index in [1.807, 2.05) is 6.92 Å². The summed E-state index contributed by atoms with van der Waals surface area (Å²) in [6.45, 7) is 2.64. The minimum Gasteiger partial charge on any atom is -0.496 e. The van der Waals surface area contributed by atoms with Gasteiger partial charge in [-0.1, -0.05) is 12.1 Å². The van der Waals surface area contributed by atoms with Crippen LogP contribution >= 0.6 is 0 Å². The van der Waals surface area contributed by atoms with E-state index in [2.05, 4.69) is 18.2 Å². The van der Waals surface area contributed by atoms with Crippen LogP contribution in [-0.4, -0.2) is 13.7 Å². The normalized spacial score (nSPS) is 17.5. The molecule has 0 atom stereocenters. The van der Waals surface area contributed by atoms with Gasteiger partial charge in [-0.15, -0.1) is 0 Å². The van der Waals surface area contributed by atoms with Crippen LogP contribution in [0.5, 0.6) is 5.75 Å². The summed E-state index contributed by atoms with van der Waals surface area (Å²) in [5.41, 5.74) is 2.58. The highest BCUT2D eigenvalue weighted by molar-refractivity contribution is 5.42. The van der Waals surface area contributed by atoms with Crippen LogP contribution in [0.25, 0.3) is 0 Å². The smallest absolute Gasteiger partial charge is 0.122 e. The van der Waals surface area contributed by atoms with Gasteiger partial charge in [-0.2, -0.15) is 0 Å². The third-order valence-corrected chi connectivity index (χ3v) is 3.23. The maximum Gasteiger partial charge on any atom is 0.122 e. The molecule has 1 aromatic rings. The Balaban J connectivity index is 2.29. The Kier molecular flexibility index (Phi) is 2.67. The fraction of sp³-hybridized carbons (Fsp3) is 0.500. The van der Waals surface area contributed by atoms with Crippen molar-refractivity contribution in [2.45, 2.75) is 25.2 Å². The first-order valence-electron chi connectivity index (χ1n) is 5.19. The fourth-order valence-corrected chi connectivity index (χ4v) is 1.98. The molecule has 1 fully saturated rings. The van der Waals surface area contributed by atoms with Gasteiger partial charge in [0.15, 0.2) is 0 Å². The van der Waals surface area contributed by atoms with Crippen LogP contribution in [0.2, 0.25) is 0 Å². The lowest BCUT2D eigenvalue weighted by Gasteiger charge is -2.15. The monoisotopic (exact) mass is 207 g/mol. The van der Waals surface area contributed by atoms with Gasteiger partial charge < -0.3 is 9.57 Å². The second kappa shape index (κ2) is 3.83. The third-order valence-electron chi connectivity index (χ3n) is 3.23. The van der Waals surface area contributed by atoms with Gasteiger partial charge in [0.2, 0.25) is 0 Å². The van der Waals surface area contributed by atoms with E-state index < -0.39 is 0 Å². The molecular weight excluding hydrogens is 190 g/mol. The van der Waals surface area contributed by atoms with Gasteiger partial charge in [0.1, 0.15) is 5.75 Å². The molecule has 2 N–H and O–H groups in total. The number of methoxy groups -OCH3 is 1. The molecule has 2 rings (SSSR count). The minimum absolute atomic E-state index is 0.149. The van der Waals surface area contributed by atoms with Gasteiger partial charge in [0.05, 0.1) is 13.7 Å². The molecule has 0 bridgehead atoms. The predicted molar refractivity (Wildman–Crippen MR) is 58.8 cm³/mol. The first-order chi connectivity index (χ1) is 7.22. The maximum absolute atomic E-state index is 5.31. The molecule has 1 saturated carbocycles. The number of hydrogen-bond acceptors (Lipinski definition) is 3. The summed E-state index contributed by atoms with van der Waals surface area (Å²) < 4.78 is 5.31. The molecule has 0 spiro atoms. The van der Waals surface area contributed by atoms with Crippen molar-refractivity contribution >= 4 is 0 Å². The van der Waals surface area contributed by atoms with Crippen molar-refractivity contribution in [1.82, 2.24) is 0 Å². The van der Waals surface area contributed by atoms with Crippen LogP contribution in [-0.2, 0) is 10.3 Å². The van der Waals surface area contributed by atoms with Crippen molar-refractivity contribution in [2.75, 3.05) is 13.7 Å². The molecule has 3 heteroatoms. The van der Waals surface area contributed by atoms with Gasteiger partial charge in [-0.3, -0.25) is 0 Å². The third kappa shape index (κ3) is 1.85.